The third kappa shape index (κ3) is 4.46. The lowest BCUT2D eigenvalue weighted by atomic mass is 10.2. The number of amides is 1. The molecule has 96 valence electrons. The minimum absolute atomic E-state index is 0.118. The van der Waals surface area contributed by atoms with Crippen molar-refractivity contribution < 1.29 is 9.53 Å². The molecular weight excluding hydrogens is 228 g/mol. The predicted octanol–water partition coefficient (Wildman–Crippen LogP) is 2.24. The molecule has 1 unspecified atom stereocenters. The van der Waals surface area contributed by atoms with E-state index >= 15 is 0 Å². The van der Waals surface area contributed by atoms with Crippen LogP contribution in [0.5, 0.6) is 5.75 Å². The summed E-state index contributed by atoms with van der Waals surface area (Å²) in [6.07, 6.45) is 1.48. The second-order valence-corrected chi connectivity index (χ2v) is 4.04. The van der Waals surface area contributed by atoms with Gasteiger partial charge in [-0.25, -0.2) is 0 Å². The normalized spacial score (nSPS) is 11.4. The van der Waals surface area contributed by atoms with Gasteiger partial charge >= 0.3 is 0 Å². The molecule has 0 radical (unpaired) electrons. The molecule has 1 aromatic rings. The van der Waals surface area contributed by atoms with E-state index < -0.39 is 6.10 Å². The monoisotopic (exact) mass is 246 g/mol. The fourth-order valence-electron chi connectivity index (χ4n) is 1.40. The van der Waals surface area contributed by atoms with Crippen LogP contribution in [-0.2, 0) is 4.79 Å². The van der Waals surface area contributed by atoms with E-state index in [1.54, 1.807) is 31.2 Å². The molecule has 0 aliphatic carbocycles. The highest BCUT2D eigenvalue weighted by molar-refractivity contribution is 5.80. The summed E-state index contributed by atoms with van der Waals surface area (Å²) in [5.41, 5.74) is 0.572. The number of nitriles is 1. The van der Waals surface area contributed by atoms with Crippen molar-refractivity contribution in [2.75, 3.05) is 6.54 Å². The molecule has 1 amide bonds. The average Bonchev–Trinajstić information content (AvgIpc) is 2.39. The first-order chi connectivity index (χ1) is 8.67. The Morgan fingerprint density at radius 3 is 2.67 bits per heavy atom. The second-order valence-electron chi connectivity index (χ2n) is 4.04. The van der Waals surface area contributed by atoms with E-state index in [0.717, 1.165) is 12.8 Å². The zero-order valence-corrected chi connectivity index (χ0v) is 10.8. The maximum atomic E-state index is 11.7. The van der Waals surface area contributed by atoms with E-state index in [1.165, 1.54) is 0 Å². The molecule has 0 fully saturated rings. The Bertz CT molecular complexity index is 420. The average molecular weight is 246 g/mol. The number of ether oxygens (including phenoxy) is 1. The summed E-state index contributed by atoms with van der Waals surface area (Å²) in [7, 11) is 0. The van der Waals surface area contributed by atoms with Gasteiger partial charge in [-0.15, -0.1) is 0 Å². The molecule has 0 spiro atoms. The first-order valence-corrected chi connectivity index (χ1v) is 6.12. The van der Waals surface area contributed by atoms with E-state index in [-0.39, 0.29) is 5.91 Å². The Balaban J connectivity index is 2.45. The number of hydrogen-bond donors (Lipinski definition) is 1. The van der Waals surface area contributed by atoms with Gasteiger partial charge in [0.15, 0.2) is 6.10 Å². The van der Waals surface area contributed by atoms with Crippen molar-refractivity contribution in [3.63, 3.8) is 0 Å². The number of nitrogens with zero attached hydrogens (tertiary/aromatic N) is 1. The third-order valence-corrected chi connectivity index (χ3v) is 2.50. The number of nitrogens with one attached hydrogen (secondary N) is 1. The lowest BCUT2D eigenvalue weighted by molar-refractivity contribution is -0.127. The predicted molar refractivity (Wildman–Crippen MR) is 69.2 cm³/mol. The maximum Gasteiger partial charge on any atom is 0.260 e. The van der Waals surface area contributed by atoms with Gasteiger partial charge in [0.1, 0.15) is 5.75 Å². The van der Waals surface area contributed by atoms with Crippen LogP contribution >= 0.6 is 0 Å². The molecule has 0 saturated carbocycles. The molecule has 0 saturated heterocycles. The molecule has 1 N–H and O–H groups in total. The highest BCUT2D eigenvalue weighted by Gasteiger charge is 2.13. The van der Waals surface area contributed by atoms with Gasteiger partial charge in [0, 0.05) is 6.54 Å². The summed E-state index contributed by atoms with van der Waals surface area (Å²) in [5.74, 6) is 0.472. The summed E-state index contributed by atoms with van der Waals surface area (Å²) in [5, 5.41) is 11.5. The Labute approximate surface area is 108 Å². The van der Waals surface area contributed by atoms with Crippen molar-refractivity contribution in [3.8, 4) is 11.8 Å². The molecular formula is C14H18N2O2. The Hall–Kier alpha value is -2.02. The zero-order chi connectivity index (χ0) is 13.4. The number of rotatable bonds is 6. The van der Waals surface area contributed by atoms with Gasteiger partial charge in [0.05, 0.1) is 11.6 Å². The molecule has 4 nitrogen and oxygen atoms in total. The Morgan fingerprint density at radius 1 is 1.44 bits per heavy atom. The molecule has 0 aliphatic heterocycles. The number of hydrogen-bond acceptors (Lipinski definition) is 3. The third-order valence-electron chi connectivity index (χ3n) is 2.50. The first kappa shape index (κ1) is 14.0. The molecule has 1 rings (SSSR count). The summed E-state index contributed by atoms with van der Waals surface area (Å²) in [6.45, 7) is 4.46. The van der Waals surface area contributed by atoms with Gasteiger partial charge < -0.3 is 10.1 Å². The minimum Gasteiger partial charge on any atom is -0.481 e. The van der Waals surface area contributed by atoms with Gasteiger partial charge in [-0.3, -0.25) is 4.79 Å². The Kier molecular flexibility index (Phi) is 5.72. The van der Waals surface area contributed by atoms with Crippen LogP contribution in [0.15, 0.2) is 24.3 Å². The summed E-state index contributed by atoms with van der Waals surface area (Å²) < 4.78 is 5.48. The number of benzene rings is 1. The molecule has 1 atom stereocenters. The highest BCUT2D eigenvalue weighted by Crippen LogP contribution is 2.13. The first-order valence-electron chi connectivity index (χ1n) is 6.12. The summed E-state index contributed by atoms with van der Waals surface area (Å²) in [6, 6.07) is 8.73. The quantitative estimate of drug-likeness (QED) is 0.783. The smallest absolute Gasteiger partial charge is 0.260 e. The van der Waals surface area contributed by atoms with Crippen molar-refractivity contribution in [1.82, 2.24) is 5.32 Å². The molecule has 0 bridgehead atoms. The van der Waals surface area contributed by atoms with Gasteiger partial charge in [-0.1, -0.05) is 13.3 Å². The fraction of sp³-hybridized carbons (Fsp3) is 0.429. The molecule has 18 heavy (non-hydrogen) atoms. The van der Waals surface area contributed by atoms with Crippen molar-refractivity contribution >= 4 is 5.91 Å². The topological polar surface area (TPSA) is 62.1 Å². The van der Waals surface area contributed by atoms with E-state index in [1.807, 2.05) is 6.07 Å². The van der Waals surface area contributed by atoms with Gasteiger partial charge in [-0.05, 0) is 37.6 Å². The van der Waals surface area contributed by atoms with Gasteiger partial charge in [-0.2, -0.15) is 5.26 Å². The molecule has 1 aromatic carbocycles. The van der Waals surface area contributed by atoms with Crippen LogP contribution in [0.4, 0.5) is 0 Å². The van der Waals surface area contributed by atoms with Crippen LogP contribution in [0, 0.1) is 11.3 Å². The molecule has 0 heterocycles. The van der Waals surface area contributed by atoms with Crippen molar-refractivity contribution in [2.24, 2.45) is 0 Å². The maximum absolute atomic E-state index is 11.7. The SMILES string of the molecule is CCCCNC(=O)C(C)Oc1ccc(C#N)cc1. The van der Waals surface area contributed by atoms with Crippen molar-refractivity contribution in [1.29, 1.82) is 5.26 Å². The zero-order valence-electron chi connectivity index (χ0n) is 10.8. The van der Waals surface area contributed by atoms with Crippen LogP contribution in [0.25, 0.3) is 0 Å². The van der Waals surface area contributed by atoms with Crippen molar-refractivity contribution in [3.05, 3.63) is 29.8 Å². The number of carbonyl (C=O) groups excluding carboxylic acids is 1. The minimum atomic E-state index is -0.533. The lowest BCUT2D eigenvalue weighted by Crippen LogP contribution is -2.36. The van der Waals surface area contributed by atoms with Crippen LogP contribution in [0.1, 0.15) is 32.3 Å². The van der Waals surface area contributed by atoms with Gasteiger partial charge in [0.25, 0.3) is 5.91 Å². The Morgan fingerprint density at radius 2 is 2.11 bits per heavy atom. The lowest BCUT2D eigenvalue weighted by Gasteiger charge is -2.14. The van der Waals surface area contributed by atoms with Crippen LogP contribution in [0.2, 0.25) is 0 Å². The van der Waals surface area contributed by atoms with E-state index in [0.29, 0.717) is 17.9 Å². The standard InChI is InChI=1S/C14H18N2O2/c1-3-4-9-16-14(17)11(2)18-13-7-5-12(10-15)6-8-13/h5-8,11H,3-4,9H2,1-2H3,(H,16,17). The van der Waals surface area contributed by atoms with E-state index in [2.05, 4.69) is 12.2 Å². The summed E-state index contributed by atoms with van der Waals surface area (Å²) >= 11 is 0. The summed E-state index contributed by atoms with van der Waals surface area (Å²) in [4.78, 5) is 11.7. The number of carbonyl (C=O) groups is 1. The van der Waals surface area contributed by atoms with E-state index in [4.69, 9.17) is 10.00 Å². The second kappa shape index (κ2) is 7.33. The molecule has 0 aliphatic rings. The molecule has 4 heteroatoms. The van der Waals surface area contributed by atoms with Crippen molar-refractivity contribution in [2.45, 2.75) is 32.8 Å². The van der Waals surface area contributed by atoms with Gasteiger partial charge in [0.2, 0.25) is 0 Å². The van der Waals surface area contributed by atoms with Crippen LogP contribution in [-0.4, -0.2) is 18.6 Å². The van der Waals surface area contributed by atoms with Crippen LogP contribution < -0.4 is 10.1 Å². The largest absolute Gasteiger partial charge is 0.481 e. The number of unbranched alkanes of at least 4 members (excludes halogenated alkanes) is 1. The highest BCUT2D eigenvalue weighted by atomic mass is 16.5. The molecule has 0 aromatic heterocycles. The van der Waals surface area contributed by atoms with Crippen LogP contribution in [0.3, 0.4) is 0 Å². The fourth-order valence-corrected chi connectivity index (χ4v) is 1.40. The van der Waals surface area contributed by atoms with E-state index in [9.17, 15) is 4.79 Å².